The van der Waals surface area contributed by atoms with Gasteiger partial charge in [0.15, 0.2) is 0 Å². The average molecular weight is 521 g/mol. The van der Waals surface area contributed by atoms with Crippen LogP contribution in [0, 0.1) is 11.8 Å². The van der Waals surface area contributed by atoms with Gasteiger partial charge in [-0.25, -0.2) is 4.79 Å². The molecule has 182 valence electrons. The molecule has 0 bridgehead atoms. The fourth-order valence-corrected chi connectivity index (χ4v) is 5.06. The van der Waals surface area contributed by atoms with Gasteiger partial charge in [0.05, 0.1) is 18.9 Å². The van der Waals surface area contributed by atoms with Crippen LogP contribution >= 0.6 is 15.9 Å². The number of esters is 1. The van der Waals surface area contributed by atoms with E-state index in [1.54, 1.807) is 7.11 Å². The van der Waals surface area contributed by atoms with Crippen LogP contribution in [0.5, 0.6) is 0 Å². The molecule has 0 saturated heterocycles. The van der Waals surface area contributed by atoms with E-state index >= 15 is 0 Å². The molecule has 0 spiro atoms. The molecule has 7 heteroatoms. The summed E-state index contributed by atoms with van der Waals surface area (Å²) in [6.45, 7) is 7.81. The van der Waals surface area contributed by atoms with Crippen molar-refractivity contribution >= 4 is 21.9 Å². The van der Waals surface area contributed by atoms with E-state index in [-0.39, 0.29) is 12.6 Å². The van der Waals surface area contributed by atoms with E-state index in [1.807, 2.05) is 26.8 Å². The van der Waals surface area contributed by atoms with Crippen molar-refractivity contribution in [2.24, 2.45) is 11.8 Å². The highest BCUT2D eigenvalue weighted by molar-refractivity contribution is 9.10. The first kappa shape index (κ1) is 25.9. The van der Waals surface area contributed by atoms with Gasteiger partial charge >= 0.3 is 5.97 Å². The van der Waals surface area contributed by atoms with Crippen molar-refractivity contribution in [3.63, 3.8) is 0 Å². The minimum Gasteiger partial charge on any atom is -0.458 e. The van der Waals surface area contributed by atoms with Crippen molar-refractivity contribution < 1.29 is 19.0 Å². The molecule has 1 heterocycles. The van der Waals surface area contributed by atoms with Crippen LogP contribution in [0.25, 0.3) is 11.1 Å². The second kappa shape index (κ2) is 12.1. The standard InChI is InChI=1S/C26H37BrN2O4/c1-26(2,3)33-23(30)18-32-17-20-12-10-19(11-13-20)16-29-25(27)24(21-8-6-5-7-9-21)22(28-29)14-15-31-4/h5-9,19-20H,10-18H2,1-4H3/t19-,20-. The third-order valence-electron chi connectivity index (χ3n) is 5.96. The summed E-state index contributed by atoms with van der Waals surface area (Å²) in [5.74, 6) is 0.794. The van der Waals surface area contributed by atoms with Crippen LogP contribution in [0.1, 0.15) is 52.1 Å². The van der Waals surface area contributed by atoms with Gasteiger partial charge in [-0.05, 0) is 79.8 Å². The first-order valence-electron chi connectivity index (χ1n) is 11.9. The van der Waals surface area contributed by atoms with Crippen molar-refractivity contribution in [2.45, 2.75) is 65.0 Å². The van der Waals surface area contributed by atoms with Gasteiger partial charge in [0.25, 0.3) is 0 Å². The molecule has 2 aromatic rings. The van der Waals surface area contributed by atoms with Gasteiger partial charge in [-0.2, -0.15) is 5.10 Å². The van der Waals surface area contributed by atoms with Gasteiger partial charge in [0, 0.05) is 25.6 Å². The number of aromatic nitrogens is 2. The molecule has 6 nitrogen and oxygen atoms in total. The lowest BCUT2D eigenvalue weighted by Crippen LogP contribution is -2.28. The highest BCUT2D eigenvalue weighted by Crippen LogP contribution is 2.35. The Bertz CT molecular complexity index is 884. The Labute approximate surface area is 206 Å². The fourth-order valence-electron chi connectivity index (χ4n) is 4.38. The molecule has 1 aromatic carbocycles. The number of halogens is 1. The Morgan fingerprint density at radius 3 is 2.42 bits per heavy atom. The Morgan fingerprint density at radius 2 is 1.79 bits per heavy atom. The normalized spacial score (nSPS) is 18.9. The van der Waals surface area contributed by atoms with Crippen LogP contribution < -0.4 is 0 Å². The number of carbonyl (C=O) groups is 1. The summed E-state index contributed by atoms with van der Waals surface area (Å²) in [6.07, 6.45) is 5.29. The summed E-state index contributed by atoms with van der Waals surface area (Å²) in [6, 6.07) is 10.4. The summed E-state index contributed by atoms with van der Waals surface area (Å²) < 4.78 is 19.4. The lowest BCUT2D eigenvalue weighted by molar-refractivity contribution is -0.160. The van der Waals surface area contributed by atoms with Gasteiger partial charge in [0.1, 0.15) is 16.8 Å². The molecule has 1 aliphatic carbocycles. The Hall–Kier alpha value is -1.70. The maximum Gasteiger partial charge on any atom is 0.332 e. The molecule has 0 N–H and O–H groups in total. The van der Waals surface area contributed by atoms with Crippen molar-refractivity contribution in [1.29, 1.82) is 0 Å². The molecule has 0 unspecified atom stereocenters. The second-order valence-electron chi connectivity index (χ2n) is 9.89. The van der Waals surface area contributed by atoms with Crippen molar-refractivity contribution in [2.75, 3.05) is 26.9 Å². The number of benzene rings is 1. The highest BCUT2D eigenvalue weighted by atomic mass is 79.9. The third-order valence-corrected chi connectivity index (χ3v) is 6.77. The maximum atomic E-state index is 11.8. The molecule has 1 aliphatic rings. The van der Waals surface area contributed by atoms with Crippen LogP contribution in [0.2, 0.25) is 0 Å². The zero-order valence-electron chi connectivity index (χ0n) is 20.3. The van der Waals surface area contributed by atoms with Gasteiger partial charge in [0.2, 0.25) is 0 Å². The largest absolute Gasteiger partial charge is 0.458 e. The van der Waals surface area contributed by atoms with Gasteiger partial charge in [-0.15, -0.1) is 0 Å². The molecule has 1 fully saturated rings. The fraction of sp³-hybridized carbons (Fsp3) is 0.615. The van der Waals surface area contributed by atoms with E-state index in [2.05, 4.69) is 44.9 Å². The molecule has 0 radical (unpaired) electrons. The van der Waals surface area contributed by atoms with Crippen LogP contribution in [0.3, 0.4) is 0 Å². The Balaban J connectivity index is 1.53. The minimum atomic E-state index is -0.469. The number of carbonyl (C=O) groups excluding carboxylic acids is 1. The number of ether oxygens (including phenoxy) is 3. The molecule has 0 amide bonds. The lowest BCUT2D eigenvalue weighted by Gasteiger charge is -2.28. The van der Waals surface area contributed by atoms with Crippen LogP contribution in [-0.2, 0) is 32.0 Å². The monoisotopic (exact) mass is 520 g/mol. The minimum absolute atomic E-state index is 0.0317. The molecule has 0 atom stereocenters. The van der Waals surface area contributed by atoms with E-state index in [9.17, 15) is 4.79 Å². The second-order valence-corrected chi connectivity index (χ2v) is 10.6. The molecule has 1 aromatic heterocycles. The van der Waals surface area contributed by atoms with Crippen LogP contribution in [0.4, 0.5) is 0 Å². The number of hydrogen-bond donors (Lipinski definition) is 0. The smallest absolute Gasteiger partial charge is 0.332 e. The quantitative estimate of drug-likeness (QED) is 0.378. The molecule has 33 heavy (non-hydrogen) atoms. The molecular weight excluding hydrogens is 484 g/mol. The molecule has 1 saturated carbocycles. The highest BCUT2D eigenvalue weighted by Gasteiger charge is 2.25. The number of hydrogen-bond acceptors (Lipinski definition) is 5. The number of methoxy groups -OCH3 is 1. The summed E-state index contributed by atoms with van der Waals surface area (Å²) in [5, 5.41) is 4.95. The number of rotatable bonds is 10. The van der Waals surface area contributed by atoms with Gasteiger partial charge in [-0.3, -0.25) is 4.68 Å². The van der Waals surface area contributed by atoms with Crippen molar-refractivity contribution in [3.05, 3.63) is 40.6 Å². The van der Waals surface area contributed by atoms with E-state index in [1.165, 1.54) is 5.56 Å². The maximum absolute atomic E-state index is 11.8. The summed E-state index contributed by atoms with van der Waals surface area (Å²) >= 11 is 3.83. The van der Waals surface area contributed by atoms with Gasteiger partial charge < -0.3 is 14.2 Å². The van der Waals surface area contributed by atoms with Gasteiger partial charge in [-0.1, -0.05) is 30.3 Å². The predicted molar refractivity (Wildman–Crippen MR) is 133 cm³/mol. The Morgan fingerprint density at radius 1 is 1.12 bits per heavy atom. The topological polar surface area (TPSA) is 62.6 Å². The zero-order valence-corrected chi connectivity index (χ0v) is 21.9. The third kappa shape index (κ3) is 7.94. The zero-order chi connectivity index (χ0) is 23.8. The van der Waals surface area contributed by atoms with E-state index in [0.29, 0.717) is 25.0 Å². The van der Waals surface area contributed by atoms with Crippen molar-refractivity contribution in [1.82, 2.24) is 9.78 Å². The Kier molecular flexibility index (Phi) is 9.53. The first-order chi connectivity index (χ1) is 15.8. The van der Waals surface area contributed by atoms with E-state index < -0.39 is 5.60 Å². The van der Waals surface area contributed by atoms with Crippen LogP contribution in [-0.4, -0.2) is 48.3 Å². The van der Waals surface area contributed by atoms with Crippen molar-refractivity contribution in [3.8, 4) is 11.1 Å². The summed E-state index contributed by atoms with van der Waals surface area (Å²) in [4.78, 5) is 11.8. The first-order valence-corrected chi connectivity index (χ1v) is 12.6. The molecule has 3 rings (SSSR count). The molecule has 0 aliphatic heterocycles. The summed E-state index contributed by atoms with van der Waals surface area (Å²) in [7, 11) is 1.73. The summed E-state index contributed by atoms with van der Waals surface area (Å²) in [5.41, 5.74) is 2.94. The predicted octanol–water partition coefficient (Wildman–Crippen LogP) is 5.67. The number of nitrogens with zero attached hydrogens (tertiary/aromatic N) is 2. The van der Waals surface area contributed by atoms with E-state index in [4.69, 9.17) is 19.3 Å². The van der Waals surface area contributed by atoms with E-state index in [0.717, 1.165) is 54.5 Å². The molecular formula is C26H37BrN2O4. The average Bonchev–Trinajstić information content (AvgIpc) is 3.07. The SMILES string of the molecule is COCCc1nn(C[C@H]2CC[C@H](COCC(=O)OC(C)(C)C)CC2)c(Br)c1-c1ccccc1. The van der Waals surface area contributed by atoms with Crippen LogP contribution in [0.15, 0.2) is 34.9 Å². The lowest BCUT2D eigenvalue weighted by atomic mass is 9.82.